The van der Waals surface area contributed by atoms with E-state index in [1.54, 1.807) is 0 Å². The first-order valence-electron chi connectivity index (χ1n) is 12.0. The summed E-state index contributed by atoms with van der Waals surface area (Å²) in [7, 11) is 0. The molecule has 0 aromatic heterocycles. The molecule has 2 amide bonds. The monoisotopic (exact) mass is 418 g/mol. The number of benzene rings is 2. The summed E-state index contributed by atoms with van der Waals surface area (Å²) < 4.78 is 0. The Labute approximate surface area is 185 Å². The van der Waals surface area contributed by atoms with E-state index in [1.807, 2.05) is 34.1 Å². The van der Waals surface area contributed by atoms with E-state index in [4.69, 9.17) is 0 Å². The molecule has 0 bridgehead atoms. The van der Waals surface area contributed by atoms with E-state index < -0.39 is 6.10 Å². The topological polar surface area (TPSA) is 43.8 Å². The van der Waals surface area contributed by atoms with Crippen molar-refractivity contribution in [1.82, 2.24) is 9.80 Å². The Kier molecular flexibility index (Phi) is 5.99. The van der Waals surface area contributed by atoms with Crippen molar-refractivity contribution in [2.45, 2.75) is 63.1 Å². The molecule has 2 saturated carbocycles. The van der Waals surface area contributed by atoms with Gasteiger partial charge in [-0.3, -0.25) is 0 Å². The van der Waals surface area contributed by atoms with Crippen molar-refractivity contribution in [3.63, 3.8) is 0 Å². The van der Waals surface area contributed by atoms with Crippen molar-refractivity contribution < 1.29 is 9.90 Å². The Hall–Kier alpha value is -2.33. The van der Waals surface area contributed by atoms with E-state index in [9.17, 15) is 9.90 Å². The summed E-state index contributed by atoms with van der Waals surface area (Å²) >= 11 is 0. The van der Waals surface area contributed by atoms with Crippen LogP contribution in [0, 0.1) is 11.8 Å². The minimum atomic E-state index is -0.529. The van der Waals surface area contributed by atoms with Crippen LogP contribution in [0.4, 0.5) is 4.79 Å². The Morgan fingerprint density at radius 3 is 1.81 bits per heavy atom. The molecule has 1 aliphatic heterocycles. The van der Waals surface area contributed by atoms with Gasteiger partial charge in [-0.2, -0.15) is 0 Å². The Balaban J connectivity index is 1.40. The number of rotatable bonds is 9. The number of hydrogen-bond donors (Lipinski definition) is 1. The van der Waals surface area contributed by atoms with Gasteiger partial charge in [0.05, 0.1) is 18.2 Å². The standard InChI is InChI=1S/C27H34N2O2/c30-26-24(16-15-20-7-3-1-4-8-20)28(18-22-11-12-22)27(31)29(19-23-13-14-23)25(26)17-21-9-5-2-6-10-21/h1-10,22-26,30H,11-19H2/t24-,25-,26-/m1/s1. The van der Waals surface area contributed by atoms with Gasteiger partial charge in [-0.25, -0.2) is 4.79 Å². The van der Waals surface area contributed by atoms with Gasteiger partial charge in [-0.05, 0) is 67.9 Å². The van der Waals surface area contributed by atoms with Gasteiger partial charge in [-0.15, -0.1) is 0 Å². The van der Waals surface area contributed by atoms with Gasteiger partial charge < -0.3 is 14.9 Å². The number of aliphatic hydroxyl groups excluding tert-OH is 1. The van der Waals surface area contributed by atoms with Gasteiger partial charge >= 0.3 is 6.03 Å². The van der Waals surface area contributed by atoms with Crippen LogP contribution in [-0.4, -0.2) is 52.2 Å². The predicted molar refractivity (Wildman–Crippen MR) is 123 cm³/mol. The summed E-state index contributed by atoms with van der Waals surface area (Å²) in [6.45, 7) is 1.59. The molecular weight excluding hydrogens is 384 g/mol. The maximum absolute atomic E-state index is 13.8. The number of carbonyl (C=O) groups excluding carboxylic acids is 1. The largest absolute Gasteiger partial charge is 0.389 e. The minimum absolute atomic E-state index is 0.113. The average Bonchev–Trinajstić information content (AvgIpc) is 3.72. The zero-order valence-corrected chi connectivity index (χ0v) is 18.3. The first kappa shape index (κ1) is 20.6. The zero-order chi connectivity index (χ0) is 21.2. The van der Waals surface area contributed by atoms with Crippen molar-refractivity contribution in [1.29, 1.82) is 0 Å². The summed E-state index contributed by atoms with van der Waals surface area (Å²) in [5.41, 5.74) is 2.46. The third kappa shape index (κ3) is 4.95. The van der Waals surface area contributed by atoms with Crippen molar-refractivity contribution in [2.24, 2.45) is 11.8 Å². The third-order valence-corrected chi connectivity index (χ3v) is 7.24. The Morgan fingerprint density at radius 1 is 0.742 bits per heavy atom. The van der Waals surface area contributed by atoms with Crippen LogP contribution in [0.5, 0.6) is 0 Å². The third-order valence-electron chi connectivity index (χ3n) is 7.24. The van der Waals surface area contributed by atoms with Crippen LogP contribution in [0.2, 0.25) is 0 Å². The molecule has 31 heavy (non-hydrogen) atoms. The molecule has 3 atom stereocenters. The maximum Gasteiger partial charge on any atom is 0.320 e. The second-order valence-corrected chi connectivity index (χ2v) is 9.81. The summed E-state index contributed by atoms with van der Waals surface area (Å²) in [5, 5.41) is 11.7. The normalized spacial score (nSPS) is 26.4. The first-order valence-corrected chi connectivity index (χ1v) is 12.0. The second kappa shape index (κ2) is 9.04. The molecule has 4 heteroatoms. The molecule has 4 nitrogen and oxygen atoms in total. The molecule has 0 radical (unpaired) electrons. The molecule has 3 fully saturated rings. The summed E-state index contributed by atoms with van der Waals surface area (Å²) in [6, 6.07) is 20.7. The molecular formula is C27H34N2O2. The number of carbonyl (C=O) groups is 1. The van der Waals surface area contributed by atoms with E-state index in [-0.39, 0.29) is 18.1 Å². The molecule has 0 spiro atoms. The van der Waals surface area contributed by atoms with Gasteiger partial charge in [-0.1, -0.05) is 60.7 Å². The van der Waals surface area contributed by atoms with Crippen molar-refractivity contribution in [3.8, 4) is 0 Å². The molecule has 2 aromatic rings. The summed E-state index contributed by atoms with van der Waals surface area (Å²) in [4.78, 5) is 17.8. The highest BCUT2D eigenvalue weighted by molar-refractivity contribution is 5.77. The number of amides is 2. The first-order chi connectivity index (χ1) is 15.2. The van der Waals surface area contributed by atoms with E-state index in [0.717, 1.165) is 32.4 Å². The summed E-state index contributed by atoms with van der Waals surface area (Å²) in [6.07, 6.45) is 6.72. The lowest BCUT2D eigenvalue weighted by Gasteiger charge is -2.50. The fraction of sp³-hybridized carbons (Fsp3) is 0.519. The number of urea groups is 1. The Morgan fingerprint density at radius 2 is 1.26 bits per heavy atom. The van der Waals surface area contributed by atoms with Gasteiger partial charge in [0.1, 0.15) is 0 Å². The maximum atomic E-state index is 13.8. The van der Waals surface area contributed by atoms with E-state index in [2.05, 4.69) is 36.4 Å². The van der Waals surface area contributed by atoms with E-state index in [1.165, 1.54) is 36.8 Å². The van der Waals surface area contributed by atoms with Crippen LogP contribution in [0.3, 0.4) is 0 Å². The molecule has 1 heterocycles. The predicted octanol–water partition coefficient (Wildman–Crippen LogP) is 4.52. The fourth-order valence-electron chi connectivity index (χ4n) is 5.03. The highest BCUT2D eigenvalue weighted by atomic mass is 16.3. The van der Waals surface area contributed by atoms with Gasteiger partial charge in [0.2, 0.25) is 0 Å². The molecule has 2 aliphatic carbocycles. The van der Waals surface area contributed by atoms with Crippen LogP contribution >= 0.6 is 0 Å². The van der Waals surface area contributed by atoms with Crippen molar-refractivity contribution >= 4 is 6.03 Å². The molecule has 1 N–H and O–H groups in total. The lowest BCUT2D eigenvalue weighted by Crippen LogP contribution is -2.67. The van der Waals surface area contributed by atoms with Crippen LogP contribution in [0.15, 0.2) is 60.7 Å². The fourth-order valence-corrected chi connectivity index (χ4v) is 5.03. The van der Waals surface area contributed by atoms with E-state index in [0.29, 0.717) is 11.8 Å². The molecule has 1 saturated heterocycles. The molecule has 2 aromatic carbocycles. The number of aliphatic hydroxyl groups is 1. The Bertz CT molecular complexity index is 863. The lowest BCUT2D eigenvalue weighted by molar-refractivity contribution is -0.0424. The van der Waals surface area contributed by atoms with Gasteiger partial charge in [0, 0.05) is 13.1 Å². The highest BCUT2D eigenvalue weighted by Crippen LogP contribution is 2.37. The highest BCUT2D eigenvalue weighted by Gasteiger charge is 2.48. The van der Waals surface area contributed by atoms with Crippen LogP contribution in [-0.2, 0) is 12.8 Å². The second-order valence-electron chi connectivity index (χ2n) is 9.81. The van der Waals surface area contributed by atoms with Crippen LogP contribution < -0.4 is 0 Å². The van der Waals surface area contributed by atoms with Gasteiger partial charge in [0.15, 0.2) is 0 Å². The SMILES string of the molecule is O=C1N(CC2CC2)[C@H](CCc2ccccc2)[C@@H](O)[C@@H](Cc2ccccc2)N1CC1CC1. The number of aryl methyl sites for hydroxylation is 1. The van der Waals surface area contributed by atoms with Gasteiger partial charge in [0.25, 0.3) is 0 Å². The smallest absolute Gasteiger partial charge is 0.320 e. The van der Waals surface area contributed by atoms with Crippen LogP contribution in [0.1, 0.15) is 43.2 Å². The van der Waals surface area contributed by atoms with Crippen molar-refractivity contribution in [3.05, 3.63) is 71.8 Å². The van der Waals surface area contributed by atoms with Crippen molar-refractivity contribution in [2.75, 3.05) is 13.1 Å². The number of nitrogens with zero attached hydrogens (tertiary/aromatic N) is 2. The quantitative estimate of drug-likeness (QED) is 0.651. The lowest BCUT2D eigenvalue weighted by atomic mass is 9.88. The zero-order valence-electron chi connectivity index (χ0n) is 18.3. The average molecular weight is 419 g/mol. The molecule has 164 valence electrons. The molecule has 0 unspecified atom stereocenters. The molecule has 3 aliphatic rings. The van der Waals surface area contributed by atoms with E-state index >= 15 is 0 Å². The van der Waals surface area contributed by atoms with Crippen LogP contribution in [0.25, 0.3) is 0 Å². The number of hydrogen-bond acceptors (Lipinski definition) is 2. The minimum Gasteiger partial charge on any atom is -0.389 e. The molecule has 5 rings (SSSR count). The summed E-state index contributed by atoms with van der Waals surface area (Å²) in [5.74, 6) is 1.22.